The van der Waals surface area contributed by atoms with Crippen LogP contribution >= 0.6 is 0 Å². The molecule has 6 heteroatoms. The molecule has 1 saturated heterocycles. The van der Waals surface area contributed by atoms with Crippen molar-refractivity contribution >= 4 is 12.1 Å². The number of ether oxygens (including phenoxy) is 1. The quantitative estimate of drug-likeness (QED) is 0.419. The average molecular weight is 147 g/mol. The first-order valence-corrected chi connectivity index (χ1v) is 2.45. The molecule has 1 aliphatic heterocycles. The van der Waals surface area contributed by atoms with Crippen molar-refractivity contribution < 1.29 is 24.5 Å². The van der Waals surface area contributed by atoms with Gasteiger partial charge in [0, 0.05) is 0 Å². The Bertz CT molecular complexity index is 190. The van der Waals surface area contributed by atoms with Gasteiger partial charge in [-0.25, -0.2) is 9.59 Å². The van der Waals surface area contributed by atoms with Gasteiger partial charge >= 0.3 is 12.1 Å². The third kappa shape index (κ3) is 0.883. The maximum absolute atomic E-state index is 10.2. The zero-order valence-electron chi connectivity index (χ0n) is 4.83. The fourth-order valence-electron chi connectivity index (χ4n) is 0.526. The van der Waals surface area contributed by atoms with Crippen molar-refractivity contribution in [3.63, 3.8) is 0 Å². The molecule has 1 heterocycles. The number of aliphatic carboxylic acids is 1. The molecule has 0 aromatic carbocycles. The maximum atomic E-state index is 10.2. The first kappa shape index (κ1) is 6.81. The SMILES string of the molecule is O=C1NC(O)(C(=O)O)CO1. The standard InChI is InChI=1S/C4H5NO5/c6-2(7)4(9)1-10-3(8)5-4/h9H,1H2,(H,5,8)(H,6,7). The molecule has 0 aromatic rings. The van der Waals surface area contributed by atoms with Gasteiger partial charge in [-0.05, 0) is 0 Å². The predicted molar refractivity (Wildman–Crippen MR) is 27.1 cm³/mol. The third-order valence-corrected chi connectivity index (χ3v) is 1.07. The molecular formula is C4H5NO5. The van der Waals surface area contributed by atoms with Crippen LogP contribution in [0, 0.1) is 0 Å². The number of carbonyl (C=O) groups excluding carboxylic acids is 1. The number of carboxylic acids is 1. The van der Waals surface area contributed by atoms with Gasteiger partial charge in [-0.1, -0.05) is 0 Å². The predicted octanol–water partition coefficient (Wildman–Crippen LogP) is -1.50. The highest BCUT2D eigenvalue weighted by Gasteiger charge is 2.44. The Balaban J connectivity index is 2.72. The number of hydrogen-bond donors (Lipinski definition) is 3. The van der Waals surface area contributed by atoms with E-state index in [1.54, 1.807) is 5.32 Å². The minimum absolute atomic E-state index is 0.554. The number of alkyl carbamates (subject to hydrolysis) is 1. The topological polar surface area (TPSA) is 95.9 Å². The van der Waals surface area contributed by atoms with E-state index in [0.717, 1.165) is 0 Å². The molecule has 6 nitrogen and oxygen atoms in total. The number of nitrogens with one attached hydrogen (secondary N) is 1. The van der Waals surface area contributed by atoms with E-state index in [-0.39, 0.29) is 0 Å². The van der Waals surface area contributed by atoms with Crippen LogP contribution in [0.5, 0.6) is 0 Å². The van der Waals surface area contributed by atoms with E-state index in [1.165, 1.54) is 0 Å². The van der Waals surface area contributed by atoms with E-state index in [9.17, 15) is 9.59 Å². The van der Waals surface area contributed by atoms with Crippen LogP contribution in [0.1, 0.15) is 0 Å². The molecule has 56 valence electrons. The number of carboxylic acid groups (broad SMARTS) is 1. The second-order valence-electron chi connectivity index (χ2n) is 1.87. The molecule has 0 radical (unpaired) electrons. The normalized spacial score (nSPS) is 31.1. The molecule has 1 aliphatic rings. The van der Waals surface area contributed by atoms with E-state index in [0.29, 0.717) is 0 Å². The molecular weight excluding hydrogens is 142 g/mol. The molecule has 1 rings (SSSR count). The van der Waals surface area contributed by atoms with E-state index in [2.05, 4.69) is 4.74 Å². The Morgan fingerprint density at radius 2 is 2.40 bits per heavy atom. The Hall–Kier alpha value is -1.30. The van der Waals surface area contributed by atoms with Crippen molar-refractivity contribution in [3.8, 4) is 0 Å². The van der Waals surface area contributed by atoms with Crippen LogP contribution in [0.4, 0.5) is 4.79 Å². The van der Waals surface area contributed by atoms with Crippen LogP contribution < -0.4 is 5.32 Å². The van der Waals surface area contributed by atoms with Crippen LogP contribution in [0.3, 0.4) is 0 Å². The average Bonchev–Trinajstić information content (AvgIpc) is 2.13. The molecule has 1 atom stereocenters. The lowest BCUT2D eigenvalue weighted by atomic mass is 10.3. The van der Waals surface area contributed by atoms with E-state index in [1.807, 2.05) is 0 Å². The number of rotatable bonds is 1. The summed E-state index contributed by atoms with van der Waals surface area (Å²) in [5.41, 5.74) is -2.24. The van der Waals surface area contributed by atoms with E-state index in [4.69, 9.17) is 10.2 Å². The van der Waals surface area contributed by atoms with Crippen molar-refractivity contribution in [2.45, 2.75) is 5.72 Å². The lowest BCUT2D eigenvalue weighted by Gasteiger charge is -2.11. The van der Waals surface area contributed by atoms with Crippen LogP contribution in [-0.4, -0.2) is 34.6 Å². The van der Waals surface area contributed by atoms with Crippen molar-refractivity contribution in [2.75, 3.05) is 6.61 Å². The largest absolute Gasteiger partial charge is 0.478 e. The molecule has 0 spiro atoms. The number of cyclic esters (lactones) is 1. The zero-order valence-corrected chi connectivity index (χ0v) is 4.83. The van der Waals surface area contributed by atoms with Gasteiger partial charge in [0.25, 0.3) is 5.72 Å². The fourth-order valence-corrected chi connectivity index (χ4v) is 0.526. The molecule has 0 bridgehead atoms. The van der Waals surface area contributed by atoms with Crippen molar-refractivity contribution in [2.24, 2.45) is 0 Å². The Labute approximate surface area is 55.4 Å². The van der Waals surface area contributed by atoms with Gasteiger partial charge in [-0.2, -0.15) is 0 Å². The van der Waals surface area contributed by atoms with Gasteiger partial charge in [-0.3, -0.25) is 5.32 Å². The fraction of sp³-hybridized carbons (Fsp3) is 0.500. The lowest BCUT2D eigenvalue weighted by Crippen LogP contribution is -2.50. The summed E-state index contributed by atoms with van der Waals surface area (Å²) < 4.78 is 4.15. The van der Waals surface area contributed by atoms with Crippen LogP contribution in [-0.2, 0) is 9.53 Å². The molecule has 0 aliphatic carbocycles. The Kier molecular flexibility index (Phi) is 1.26. The monoisotopic (exact) mass is 147 g/mol. The van der Waals surface area contributed by atoms with Crippen molar-refractivity contribution in [3.05, 3.63) is 0 Å². The summed E-state index contributed by atoms with van der Waals surface area (Å²) in [6.45, 7) is -0.554. The van der Waals surface area contributed by atoms with Crippen LogP contribution in [0.15, 0.2) is 0 Å². The van der Waals surface area contributed by atoms with E-state index >= 15 is 0 Å². The number of aliphatic hydroxyl groups is 1. The van der Waals surface area contributed by atoms with E-state index < -0.39 is 24.4 Å². The van der Waals surface area contributed by atoms with Crippen molar-refractivity contribution in [1.29, 1.82) is 0 Å². The van der Waals surface area contributed by atoms with Crippen molar-refractivity contribution in [1.82, 2.24) is 5.32 Å². The highest BCUT2D eigenvalue weighted by molar-refractivity contribution is 5.85. The van der Waals surface area contributed by atoms with Gasteiger partial charge in [0.05, 0.1) is 0 Å². The summed E-state index contributed by atoms with van der Waals surface area (Å²) in [5.74, 6) is -1.53. The van der Waals surface area contributed by atoms with Gasteiger partial charge in [0.2, 0.25) is 0 Å². The lowest BCUT2D eigenvalue weighted by molar-refractivity contribution is -0.160. The second-order valence-corrected chi connectivity index (χ2v) is 1.87. The molecule has 1 unspecified atom stereocenters. The minimum Gasteiger partial charge on any atom is -0.478 e. The Morgan fingerprint density at radius 3 is 2.60 bits per heavy atom. The zero-order chi connectivity index (χ0) is 7.78. The summed E-state index contributed by atoms with van der Waals surface area (Å²) in [6.07, 6.45) is -0.926. The molecule has 1 amide bonds. The summed E-state index contributed by atoms with van der Waals surface area (Å²) in [6, 6.07) is 0. The molecule has 10 heavy (non-hydrogen) atoms. The highest BCUT2D eigenvalue weighted by Crippen LogP contribution is 2.08. The smallest absolute Gasteiger partial charge is 0.410 e. The van der Waals surface area contributed by atoms with Gasteiger partial charge in [0.1, 0.15) is 0 Å². The summed E-state index contributed by atoms with van der Waals surface area (Å²) in [7, 11) is 0. The highest BCUT2D eigenvalue weighted by atomic mass is 16.6. The first-order chi connectivity index (χ1) is 4.54. The number of carbonyl (C=O) groups is 2. The van der Waals surface area contributed by atoms with Crippen LogP contribution in [0.25, 0.3) is 0 Å². The summed E-state index contributed by atoms with van der Waals surface area (Å²) in [4.78, 5) is 20.3. The molecule has 1 fully saturated rings. The molecule has 0 aromatic heterocycles. The van der Waals surface area contributed by atoms with Gasteiger partial charge in [-0.15, -0.1) is 0 Å². The van der Waals surface area contributed by atoms with Gasteiger partial charge < -0.3 is 14.9 Å². The molecule has 0 saturated carbocycles. The first-order valence-electron chi connectivity index (χ1n) is 2.45. The van der Waals surface area contributed by atoms with Crippen LogP contribution in [0.2, 0.25) is 0 Å². The summed E-state index contributed by atoms with van der Waals surface area (Å²) in [5, 5.41) is 18.9. The maximum Gasteiger partial charge on any atom is 0.410 e. The Morgan fingerprint density at radius 1 is 1.80 bits per heavy atom. The minimum atomic E-state index is -2.24. The molecule has 3 N–H and O–H groups in total. The third-order valence-electron chi connectivity index (χ3n) is 1.07. The second kappa shape index (κ2) is 1.84. The number of amides is 1. The van der Waals surface area contributed by atoms with Gasteiger partial charge in [0.15, 0.2) is 6.61 Å². The summed E-state index contributed by atoms with van der Waals surface area (Å²) >= 11 is 0. The number of hydrogen-bond acceptors (Lipinski definition) is 4.